The summed E-state index contributed by atoms with van der Waals surface area (Å²) >= 11 is 0. The first-order valence-electron chi connectivity index (χ1n) is 10.5. The molecule has 7 heteroatoms. The van der Waals surface area contributed by atoms with Crippen LogP contribution >= 0.6 is 0 Å². The van der Waals surface area contributed by atoms with Crippen molar-refractivity contribution in [1.29, 1.82) is 0 Å². The molecule has 1 aliphatic rings. The van der Waals surface area contributed by atoms with E-state index >= 15 is 0 Å². The second-order valence-electron chi connectivity index (χ2n) is 7.94. The number of pyridine rings is 1. The van der Waals surface area contributed by atoms with Gasteiger partial charge in [-0.15, -0.1) is 0 Å². The van der Waals surface area contributed by atoms with Crippen LogP contribution in [-0.2, 0) is 26.4 Å². The average Bonchev–Trinajstić information content (AvgIpc) is 3.00. The van der Waals surface area contributed by atoms with Gasteiger partial charge in [0, 0.05) is 41.3 Å². The fraction of sp³-hybridized carbons (Fsp3) is 0.391. The molecule has 0 bridgehead atoms. The Morgan fingerprint density at radius 3 is 2.67 bits per heavy atom. The fourth-order valence-electron chi connectivity index (χ4n) is 4.49. The Kier molecular flexibility index (Phi) is 5.39. The highest BCUT2D eigenvalue weighted by Crippen LogP contribution is 2.38. The number of aromatic carboxylic acids is 1. The highest BCUT2D eigenvalue weighted by atomic mass is 16.4. The summed E-state index contributed by atoms with van der Waals surface area (Å²) in [7, 11) is 2.06. The van der Waals surface area contributed by atoms with Crippen LogP contribution in [0.15, 0.2) is 23.0 Å². The van der Waals surface area contributed by atoms with E-state index in [1.165, 1.54) is 5.69 Å². The summed E-state index contributed by atoms with van der Waals surface area (Å²) in [6.07, 6.45) is 4.19. The van der Waals surface area contributed by atoms with E-state index in [0.29, 0.717) is 17.7 Å². The number of aromatic amines is 1. The number of hydrogen-bond acceptors (Lipinski definition) is 4. The minimum absolute atomic E-state index is 0.410. The molecule has 0 radical (unpaired) electrons. The summed E-state index contributed by atoms with van der Waals surface area (Å²) in [6, 6.07) is 6.20. The highest BCUT2D eigenvalue weighted by Gasteiger charge is 2.25. The van der Waals surface area contributed by atoms with Crippen molar-refractivity contribution in [3.8, 4) is 17.0 Å². The number of hydrogen-bond donors (Lipinski definition) is 4. The molecule has 0 atom stereocenters. The predicted octanol–water partition coefficient (Wildman–Crippen LogP) is 3.32. The second-order valence-corrected chi connectivity index (χ2v) is 7.94. The largest absolute Gasteiger partial charge is 0.506 e. The molecule has 0 amide bonds. The molecule has 0 fully saturated rings. The van der Waals surface area contributed by atoms with E-state index in [0.717, 1.165) is 60.8 Å². The molecule has 2 aromatic heterocycles. The highest BCUT2D eigenvalue weighted by molar-refractivity contribution is 5.94. The minimum atomic E-state index is -1.42. The number of nitrogens with zero attached hydrogens (tertiary/aromatic N) is 1. The van der Waals surface area contributed by atoms with E-state index in [-0.39, 0.29) is 0 Å². The van der Waals surface area contributed by atoms with Crippen LogP contribution in [-0.4, -0.2) is 32.3 Å². The van der Waals surface area contributed by atoms with Crippen molar-refractivity contribution in [2.24, 2.45) is 7.05 Å². The van der Waals surface area contributed by atoms with Crippen LogP contribution < -0.4 is 10.9 Å². The van der Waals surface area contributed by atoms with Gasteiger partial charge in [0.1, 0.15) is 5.75 Å². The Bertz CT molecular complexity index is 1190. The lowest BCUT2D eigenvalue weighted by Crippen LogP contribution is -2.21. The third kappa shape index (κ3) is 3.29. The summed E-state index contributed by atoms with van der Waals surface area (Å²) in [4.78, 5) is 26.6. The Labute approximate surface area is 174 Å². The molecule has 4 N–H and O–H groups in total. The van der Waals surface area contributed by atoms with Gasteiger partial charge in [-0.3, -0.25) is 4.79 Å². The molecule has 4 rings (SSSR count). The fourth-order valence-corrected chi connectivity index (χ4v) is 4.49. The van der Waals surface area contributed by atoms with Crippen molar-refractivity contribution in [3.05, 3.63) is 50.9 Å². The van der Waals surface area contributed by atoms with Crippen molar-refractivity contribution in [1.82, 2.24) is 14.9 Å². The van der Waals surface area contributed by atoms with Gasteiger partial charge in [0.25, 0.3) is 5.56 Å². The van der Waals surface area contributed by atoms with E-state index in [1.807, 2.05) is 12.1 Å². The summed E-state index contributed by atoms with van der Waals surface area (Å²) in [6.45, 7) is 3.88. The van der Waals surface area contributed by atoms with Crippen molar-refractivity contribution in [2.75, 3.05) is 6.54 Å². The van der Waals surface area contributed by atoms with E-state index in [2.05, 4.69) is 34.9 Å². The quantitative estimate of drug-likeness (QED) is 0.484. The number of aryl methyl sites for hydroxylation is 2. The van der Waals surface area contributed by atoms with Crippen LogP contribution in [0.1, 0.15) is 53.4 Å². The van der Waals surface area contributed by atoms with Crippen LogP contribution in [0.4, 0.5) is 0 Å². The van der Waals surface area contributed by atoms with E-state index in [1.54, 1.807) is 0 Å². The number of aromatic hydroxyl groups is 1. The Morgan fingerprint density at radius 2 is 1.97 bits per heavy atom. The van der Waals surface area contributed by atoms with Crippen molar-refractivity contribution < 1.29 is 15.0 Å². The van der Waals surface area contributed by atoms with Gasteiger partial charge >= 0.3 is 5.97 Å². The maximum atomic E-state index is 12.4. The maximum absolute atomic E-state index is 12.4. The number of carboxylic acids is 1. The van der Waals surface area contributed by atoms with Gasteiger partial charge < -0.3 is 25.1 Å². The van der Waals surface area contributed by atoms with Gasteiger partial charge in [0.2, 0.25) is 0 Å². The van der Waals surface area contributed by atoms with Gasteiger partial charge in [0.05, 0.1) is 5.69 Å². The first-order valence-corrected chi connectivity index (χ1v) is 10.5. The van der Waals surface area contributed by atoms with E-state index in [9.17, 15) is 19.8 Å². The second kappa shape index (κ2) is 7.99. The normalized spacial score (nSPS) is 13.5. The van der Waals surface area contributed by atoms with Crippen molar-refractivity contribution in [2.45, 2.75) is 45.6 Å². The van der Waals surface area contributed by atoms with Gasteiger partial charge in [0.15, 0.2) is 5.56 Å². The molecule has 7 nitrogen and oxygen atoms in total. The molecule has 0 saturated carbocycles. The van der Waals surface area contributed by atoms with Crippen LogP contribution in [0, 0.1) is 0 Å². The molecule has 2 heterocycles. The zero-order chi connectivity index (χ0) is 21.4. The first-order chi connectivity index (χ1) is 14.4. The molecule has 0 saturated heterocycles. The summed E-state index contributed by atoms with van der Waals surface area (Å²) in [5, 5.41) is 24.5. The summed E-state index contributed by atoms with van der Waals surface area (Å²) < 4.78 is 2.19. The van der Waals surface area contributed by atoms with Gasteiger partial charge in [-0.25, -0.2) is 4.79 Å². The van der Waals surface area contributed by atoms with Crippen LogP contribution in [0.3, 0.4) is 0 Å². The molecule has 30 heavy (non-hydrogen) atoms. The molecule has 3 aromatic rings. The SMILES string of the molecule is CCCNCc1cc2c3c(ccc2n1C)-c1[nH]c(=O)c(C(=O)O)c(O)c1CCCC3. The van der Waals surface area contributed by atoms with E-state index < -0.39 is 22.8 Å². The Morgan fingerprint density at radius 1 is 1.23 bits per heavy atom. The number of carbonyl (C=O) groups is 1. The van der Waals surface area contributed by atoms with Gasteiger partial charge in [-0.05, 0) is 56.3 Å². The number of H-pyrrole nitrogens is 1. The average molecular weight is 409 g/mol. The number of rotatable bonds is 5. The van der Waals surface area contributed by atoms with Crippen LogP contribution in [0.5, 0.6) is 5.75 Å². The number of nitrogens with one attached hydrogen (secondary N) is 2. The molecule has 0 unspecified atom stereocenters. The summed E-state index contributed by atoms with van der Waals surface area (Å²) in [5.41, 5.74) is 3.99. The standard InChI is InChI=1S/C23H27N3O4/c1-3-10-24-12-13-11-17-14-6-4-5-7-16-20(15(14)8-9-18(17)26(13)2)25-22(28)19(21(16)27)23(29)30/h8-9,11,24H,3-7,10,12H2,1-2H3,(H,29,30)(H2,25,27,28). The number of benzene rings is 1. The molecule has 0 spiro atoms. The van der Waals surface area contributed by atoms with Gasteiger partial charge in [-0.1, -0.05) is 13.0 Å². The van der Waals surface area contributed by atoms with Crippen molar-refractivity contribution >= 4 is 16.9 Å². The molecule has 1 aromatic carbocycles. The maximum Gasteiger partial charge on any atom is 0.345 e. The smallest absolute Gasteiger partial charge is 0.345 e. The monoisotopic (exact) mass is 409 g/mol. The van der Waals surface area contributed by atoms with Gasteiger partial charge in [-0.2, -0.15) is 0 Å². The number of carboxylic acid groups (broad SMARTS) is 1. The lowest BCUT2D eigenvalue weighted by atomic mass is 9.88. The third-order valence-electron chi connectivity index (χ3n) is 6.05. The Balaban J connectivity index is 1.93. The molecule has 158 valence electrons. The molecular formula is C23H27N3O4. The van der Waals surface area contributed by atoms with E-state index in [4.69, 9.17) is 0 Å². The topological polar surface area (TPSA) is 107 Å². The number of aromatic nitrogens is 2. The van der Waals surface area contributed by atoms with Crippen molar-refractivity contribution in [3.63, 3.8) is 0 Å². The van der Waals surface area contributed by atoms with Crippen LogP contribution in [0.25, 0.3) is 22.2 Å². The molecular weight excluding hydrogens is 382 g/mol. The third-order valence-corrected chi connectivity index (χ3v) is 6.05. The Hall–Kier alpha value is -3.06. The first kappa shape index (κ1) is 20.2. The summed E-state index contributed by atoms with van der Waals surface area (Å²) in [5.74, 6) is -1.83. The predicted molar refractivity (Wildman–Crippen MR) is 116 cm³/mol. The zero-order valence-electron chi connectivity index (χ0n) is 17.3. The lowest BCUT2D eigenvalue weighted by molar-refractivity contribution is 0.0691. The zero-order valence-corrected chi connectivity index (χ0v) is 17.3. The lowest BCUT2D eigenvalue weighted by Gasteiger charge is -2.20. The number of fused-ring (bicyclic) bond motifs is 5. The molecule has 0 aliphatic heterocycles. The van der Waals surface area contributed by atoms with Crippen LogP contribution in [0.2, 0.25) is 0 Å². The minimum Gasteiger partial charge on any atom is -0.506 e. The molecule has 1 aliphatic carbocycles.